The molecular weight excluding hydrogens is 210 g/mol. The third-order valence-corrected chi connectivity index (χ3v) is 4.19. The van der Waals surface area contributed by atoms with Crippen LogP contribution < -0.4 is 0 Å². The van der Waals surface area contributed by atoms with Gasteiger partial charge in [0.2, 0.25) is 0 Å². The van der Waals surface area contributed by atoms with Gasteiger partial charge in [-0.05, 0) is 45.5 Å². The number of methoxy groups -OCH3 is 1. The molecule has 0 saturated carbocycles. The number of likely N-dealkylation sites (tertiary alicyclic amines) is 1. The quantitative estimate of drug-likeness (QED) is 0.674. The van der Waals surface area contributed by atoms with Gasteiger partial charge in [0.05, 0.1) is 12.4 Å². The first-order valence-corrected chi connectivity index (χ1v) is 6.59. The largest absolute Gasteiger partial charge is 0.468 e. The summed E-state index contributed by atoms with van der Waals surface area (Å²) in [5.41, 5.74) is 0. The number of thioether (sulfide) groups is 1. The minimum Gasteiger partial charge on any atom is -0.468 e. The molecule has 1 aliphatic heterocycles. The Balaban J connectivity index is 2.13. The van der Waals surface area contributed by atoms with E-state index < -0.39 is 0 Å². The van der Waals surface area contributed by atoms with Crippen LogP contribution in [0.2, 0.25) is 0 Å². The molecule has 88 valence electrons. The van der Waals surface area contributed by atoms with Crippen LogP contribution in [0.5, 0.6) is 0 Å². The van der Waals surface area contributed by atoms with Crippen molar-refractivity contribution in [1.29, 1.82) is 0 Å². The van der Waals surface area contributed by atoms with Crippen LogP contribution in [0.25, 0.3) is 0 Å². The number of carbonyl (C=O) groups excluding carboxylic acids is 1. The number of ether oxygens (including phenoxy) is 1. The molecule has 1 rings (SSSR count). The molecule has 3 nitrogen and oxygen atoms in total. The van der Waals surface area contributed by atoms with Gasteiger partial charge in [-0.15, -0.1) is 11.8 Å². The summed E-state index contributed by atoms with van der Waals surface area (Å²) in [5, 5.41) is -0.0262. The maximum atomic E-state index is 11.1. The lowest BCUT2D eigenvalue weighted by Crippen LogP contribution is -2.25. The van der Waals surface area contributed by atoms with Crippen molar-refractivity contribution in [2.45, 2.75) is 37.5 Å². The van der Waals surface area contributed by atoms with Crippen molar-refractivity contribution in [3.63, 3.8) is 0 Å². The highest BCUT2D eigenvalue weighted by atomic mass is 32.2. The highest BCUT2D eigenvalue weighted by Crippen LogP contribution is 2.21. The fourth-order valence-corrected chi connectivity index (χ4v) is 2.95. The molecule has 1 aliphatic rings. The zero-order valence-electron chi connectivity index (χ0n) is 9.86. The van der Waals surface area contributed by atoms with Gasteiger partial charge >= 0.3 is 5.97 Å². The van der Waals surface area contributed by atoms with Gasteiger partial charge in [-0.3, -0.25) is 4.79 Å². The van der Waals surface area contributed by atoms with Crippen LogP contribution in [0.15, 0.2) is 0 Å². The molecular formula is C11H21NO2S. The molecule has 0 amide bonds. The predicted octanol–water partition coefficient (Wildman–Crippen LogP) is 1.77. The standard InChI is InChI=1S/C11H21NO2S/c1-9(11(13)14-3)15-8-6-10-5-4-7-12(10)2/h9-10H,4-8H2,1-3H3/t9-,10+/m1/s1. The number of esters is 1. The zero-order chi connectivity index (χ0) is 11.3. The minimum absolute atomic E-state index is 0.0262. The van der Waals surface area contributed by atoms with Gasteiger partial charge in [0.25, 0.3) is 0 Å². The maximum Gasteiger partial charge on any atom is 0.318 e. The molecule has 0 aromatic carbocycles. The molecule has 1 fully saturated rings. The van der Waals surface area contributed by atoms with Crippen LogP contribution in [-0.4, -0.2) is 48.6 Å². The summed E-state index contributed by atoms with van der Waals surface area (Å²) in [6.07, 6.45) is 3.81. The minimum atomic E-state index is -0.111. The van der Waals surface area contributed by atoms with Crippen molar-refractivity contribution in [1.82, 2.24) is 4.90 Å². The second kappa shape index (κ2) is 6.38. The topological polar surface area (TPSA) is 29.5 Å². The number of hydrogen-bond acceptors (Lipinski definition) is 4. The summed E-state index contributed by atoms with van der Waals surface area (Å²) in [6, 6.07) is 0.724. The molecule has 0 aromatic heterocycles. The van der Waals surface area contributed by atoms with E-state index in [-0.39, 0.29) is 11.2 Å². The number of hydrogen-bond donors (Lipinski definition) is 0. The van der Waals surface area contributed by atoms with E-state index in [4.69, 9.17) is 0 Å². The predicted molar refractivity (Wildman–Crippen MR) is 64.2 cm³/mol. The monoisotopic (exact) mass is 231 g/mol. The van der Waals surface area contributed by atoms with Crippen molar-refractivity contribution in [2.75, 3.05) is 26.5 Å². The number of nitrogens with zero attached hydrogens (tertiary/aromatic N) is 1. The molecule has 1 saturated heterocycles. The number of carbonyl (C=O) groups is 1. The van der Waals surface area contributed by atoms with Gasteiger partial charge in [0, 0.05) is 6.04 Å². The second-order valence-electron chi connectivity index (χ2n) is 4.10. The Kier molecular flexibility index (Phi) is 5.47. The number of rotatable bonds is 5. The van der Waals surface area contributed by atoms with E-state index >= 15 is 0 Å². The van der Waals surface area contributed by atoms with Crippen molar-refractivity contribution in [3.8, 4) is 0 Å². The average molecular weight is 231 g/mol. The molecule has 0 unspecified atom stereocenters. The SMILES string of the molecule is COC(=O)[C@@H](C)SCC[C@@H]1CCCN1C. The van der Waals surface area contributed by atoms with Crippen LogP contribution in [0.3, 0.4) is 0 Å². The van der Waals surface area contributed by atoms with E-state index in [9.17, 15) is 4.79 Å². The molecule has 0 N–H and O–H groups in total. The first-order chi connectivity index (χ1) is 7.15. The highest BCUT2D eigenvalue weighted by Gasteiger charge is 2.21. The van der Waals surface area contributed by atoms with Crippen molar-refractivity contribution in [3.05, 3.63) is 0 Å². The van der Waals surface area contributed by atoms with Crippen molar-refractivity contribution >= 4 is 17.7 Å². The first kappa shape index (κ1) is 12.8. The van der Waals surface area contributed by atoms with Crippen LogP contribution in [-0.2, 0) is 9.53 Å². The average Bonchev–Trinajstić information content (AvgIpc) is 2.63. The van der Waals surface area contributed by atoms with Crippen LogP contribution in [0, 0.1) is 0 Å². The maximum absolute atomic E-state index is 11.1. The van der Waals surface area contributed by atoms with E-state index in [1.807, 2.05) is 6.92 Å². The van der Waals surface area contributed by atoms with Crippen LogP contribution in [0.4, 0.5) is 0 Å². The van der Waals surface area contributed by atoms with E-state index in [2.05, 4.69) is 16.7 Å². The molecule has 1 heterocycles. The third-order valence-electron chi connectivity index (χ3n) is 3.02. The Morgan fingerprint density at radius 3 is 2.93 bits per heavy atom. The van der Waals surface area contributed by atoms with Crippen molar-refractivity contribution in [2.24, 2.45) is 0 Å². The van der Waals surface area contributed by atoms with Gasteiger partial charge < -0.3 is 9.64 Å². The van der Waals surface area contributed by atoms with Crippen LogP contribution in [0.1, 0.15) is 26.2 Å². The third kappa shape index (κ3) is 4.03. The zero-order valence-corrected chi connectivity index (χ0v) is 10.7. The highest BCUT2D eigenvalue weighted by molar-refractivity contribution is 8.00. The molecule has 2 atom stereocenters. The normalized spacial score (nSPS) is 24.1. The van der Waals surface area contributed by atoms with Crippen molar-refractivity contribution < 1.29 is 9.53 Å². The second-order valence-corrected chi connectivity index (χ2v) is 5.55. The molecule has 0 bridgehead atoms. The molecule has 0 aromatic rings. The van der Waals surface area contributed by atoms with Gasteiger partial charge in [-0.2, -0.15) is 0 Å². The Morgan fingerprint density at radius 2 is 2.40 bits per heavy atom. The van der Waals surface area contributed by atoms with E-state index in [1.54, 1.807) is 11.8 Å². The summed E-state index contributed by atoms with van der Waals surface area (Å²) in [6.45, 7) is 3.14. The smallest absolute Gasteiger partial charge is 0.318 e. The van der Waals surface area contributed by atoms with Crippen LogP contribution >= 0.6 is 11.8 Å². The van der Waals surface area contributed by atoms with E-state index in [0.717, 1.165) is 11.8 Å². The van der Waals surface area contributed by atoms with Gasteiger partial charge in [-0.25, -0.2) is 0 Å². The lowest BCUT2D eigenvalue weighted by atomic mass is 10.2. The Bertz CT molecular complexity index is 211. The van der Waals surface area contributed by atoms with E-state index in [1.165, 1.54) is 32.9 Å². The summed E-state index contributed by atoms with van der Waals surface area (Å²) in [7, 11) is 3.64. The van der Waals surface area contributed by atoms with Gasteiger partial charge in [0.15, 0.2) is 0 Å². The fourth-order valence-electron chi connectivity index (χ4n) is 1.96. The Morgan fingerprint density at radius 1 is 1.67 bits per heavy atom. The molecule has 0 radical (unpaired) electrons. The Labute approximate surface area is 96.5 Å². The van der Waals surface area contributed by atoms with Gasteiger partial charge in [0.1, 0.15) is 0 Å². The first-order valence-electron chi connectivity index (χ1n) is 5.55. The van der Waals surface area contributed by atoms with Gasteiger partial charge in [-0.1, -0.05) is 0 Å². The molecule has 15 heavy (non-hydrogen) atoms. The Hall–Kier alpha value is -0.220. The summed E-state index contributed by atoms with van der Waals surface area (Å²) in [5.74, 6) is 0.936. The molecule has 4 heteroatoms. The fraction of sp³-hybridized carbons (Fsp3) is 0.909. The summed E-state index contributed by atoms with van der Waals surface area (Å²) in [4.78, 5) is 13.6. The summed E-state index contributed by atoms with van der Waals surface area (Å²) >= 11 is 1.70. The lowest BCUT2D eigenvalue weighted by Gasteiger charge is -2.19. The molecule has 0 spiro atoms. The lowest BCUT2D eigenvalue weighted by molar-refractivity contribution is -0.139. The summed E-state index contributed by atoms with van der Waals surface area (Å²) < 4.78 is 4.69. The molecule has 0 aliphatic carbocycles. The van der Waals surface area contributed by atoms with E-state index in [0.29, 0.717) is 0 Å².